The summed E-state index contributed by atoms with van der Waals surface area (Å²) in [7, 11) is 0. The van der Waals surface area contributed by atoms with Crippen LogP contribution in [0.25, 0.3) is 32.5 Å². The number of hydrogen-bond donors (Lipinski definition) is 0. The van der Waals surface area contributed by atoms with Crippen molar-refractivity contribution < 1.29 is 4.42 Å². The van der Waals surface area contributed by atoms with Gasteiger partial charge in [0.15, 0.2) is 0 Å². The van der Waals surface area contributed by atoms with Gasteiger partial charge in [-0.25, -0.2) is 4.79 Å². The highest BCUT2D eigenvalue weighted by Crippen LogP contribution is 2.31. The Bertz CT molecular complexity index is 1030. The molecular weight excluding hydrogens is 272 g/mol. The van der Waals surface area contributed by atoms with Gasteiger partial charge in [-0.2, -0.15) is 0 Å². The van der Waals surface area contributed by atoms with Crippen LogP contribution < -0.4 is 5.63 Å². The molecule has 20 heavy (non-hydrogen) atoms. The highest BCUT2D eigenvalue weighted by atomic mass is 35.5. The zero-order valence-electron chi connectivity index (χ0n) is 10.4. The Morgan fingerprint density at radius 1 is 0.800 bits per heavy atom. The lowest BCUT2D eigenvalue weighted by molar-refractivity contribution is 0.561. The van der Waals surface area contributed by atoms with E-state index >= 15 is 0 Å². The van der Waals surface area contributed by atoms with E-state index < -0.39 is 5.63 Å². The van der Waals surface area contributed by atoms with E-state index in [1.165, 1.54) is 6.07 Å². The predicted octanol–water partition coefficient (Wildman–Crippen LogP) is 4.75. The molecule has 0 spiro atoms. The van der Waals surface area contributed by atoms with Crippen molar-refractivity contribution in [3.8, 4) is 0 Å². The Labute approximate surface area is 119 Å². The summed E-state index contributed by atoms with van der Waals surface area (Å²) in [5.41, 5.74) is 0.0911. The van der Waals surface area contributed by atoms with E-state index in [0.29, 0.717) is 10.6 Å². The van der Waals surface area contributed by atoms with Gasteiger partial charge in [0.05, 0.1) is 5.02 Å². The molecule has 0 N–H and O–H groups in total. The van der Waals surface area contributed by atoms with Gasteiger partial charge in [-0.15, -0.1) is 0 Å². The molecule has 0 aliphatic rings. The van der Waals surface area contributed by atoms with Crippen molar-refractivity contribution in [2.45, 2.75) is 0 Å². The van der Waals surface area contributed by atoms with Crippen LogP contribution in [0, 0.1) is 0 Å². The van der Waals surface area contributed by atoms with Gasteiger partial charge in [0.25, 0.3) is 0 Å². The third kappa shape index (κ3) is 1.62. The largest absolute Gasteiger partial charge is 0.423 e. The third-order valence-electron chi connectivity index (χ3n) is 3.56. The van der Waals surface area contributed by atoms with Gasteiger partial charge in [-0.05, 0) is 33.7 Å². The minimum atomic E-state index is -0.429. The van der Waals surface area contributed by atoms with E-state index in [9.17, 15) is 4.79 Å². The average Bonchev–Trinajstić information content (AvgIpc) is 2.45. The second-order valence-corrected chi connectivity index (χ2v) is 5.18. The van der Waals surface area contributed by atoms with Crippen molar-refractivity contribution >= 4 is 44.1 Å². The van der Waals surface area contributed by atoms with E-state index in [2.05, 4.69) is 24.3 Å². The molecule has 96 valence electrons. The summed E-state index contributed by atoms with van der Waals surface area (Å²) in [4.78, 5) is 11.5. The second-order valence-electron chi connectivity index (χ2n) is 4.77. The molecule has 0 radical (unpaired) electrons. The summed E-state index contributed by atoms with van der Waals surface area (Å²) in [5, 5.41) is 5.60. The maximum absolute atomic E-state index is 11.5. The Kier molecular flexibility index (Phi) is 2.35. The van der Waals surface area contributed by atoms with Crippen molar-refractivity contribution in [3.63, 3.8) is 0 Å². The van der Waals surface area contributed by atoms with Crippen LogP contribution in [-0.4, -0.2) is 0 Å². The van der Waals surface area contributed by atoms with E-state index in [0.717, 1.165) is 26.9 Å². The molecule has 0 aliphatic heterocycles. The second kappa shape index (κ2) is 4.09. The first-order chi connectivity index (χ1) is 9.72. The molecule has 0 aliphatic carbocycles. The molecule has 4 rings (SSSR count). The van der Waals surface area contributed by atoms with E-state index in [1.54, 1.807) is 0 Å². The number of benzene rings is 3. The molecular formula is C17H9ClO2. The lowest BCUT2D eigenvalue weighted by Crippen LogP contribution is -1.95. The van der Waals surface area contributed by atoms with Crippen LogP contribution in [-0.2, 0) is 0 Å². The van der Waals surface area contributed by atoms with Crippen LogP contribution in [0.3, 0.4) is 0 Å². The minimum Gasteiger partial charge on any atom is -0.423 e. The maximum atomic E-state index is 11.5. The van der Waals surface area contributed by atoms with Gasteiger partial charge >= 0.3 is 5.63 Å². The van der Waals surface area contributed by atoms with Crippen molar-refractivity contribution in [3.05, 3.63) is 70.0 Å². The van der Waals surface area contributed by atoms with Gasteiger partial charge in [-0.1, -0.05) is 48.0 Å². The molecule has 2 nitrogen and oxygen atoms in total. The van der Waals surface area contributed by atoms with Gasteiger partial charge in [0, 0.05) is 11.5 Å². The molecule has 0 bridgehead atoms. The summed E-state index contributed by atoms with van der Waals surface area (Å²) >= 11 is 6.12. The zero-order valence-corrected chi connectivity index (χ0v) is 11.1. The SMILES string of the molecule is O=c1cc(Cl)c2cc3ccc4ccccc4c3cc2o1. The Balaban J connectivity index is 2.27. The quantitative estimate of drug-likeness (QED) is 0.264. The zero-order chi connectivity index (χ0) is 13.7. The van der Waals surface area contributed by atoms with Crippen LogP contribution in [0.4, 0.5) is 0 Å². The van der Waals surface area contributed by atoms with Crippen molar-refractivity contribution in [2.75, 3.05) is 0 Å². The summed E-state index contributed by atoms with van der Waals surface area (Å²) in [5.74, 6) is 0. The Morgan fingerprint density at radius 3 is 2.50 bits per heavy atom. The molecule has 0 saturated heterocycles. The van der Waals surface area contributed by atoms with Crippen LogP contribution >= 0.6 is 11.6 Å². The van der Waals surface area contributed by atoms with Gasteiger partial charge in [-0.3, -0.25) is 0 Å². The molecule has 1 aromatic heterocycles. The highest BCUT2D eigenvalue weighted by molar-refractivity contribution is 6.35. The molecule has 0 unspecified atom stereocenters. The van der Waals surface area contributed by atoms with Crippen molar-refractivity contribution in [2.24, 2.45) is 0 Å². The Hall–Kier alpha value is -2.32. The van der Waals surface area contributed by atoms with Crippen LogP contribution in [0.15, 0.2) is 63.8 Å². The molecule has 3 aromatic carbocycles. The number of hydrogen-bond acceptors (Lipinski definition) is 2. The fourth-order valence-electron chi connectivity index (χ4n) is 2.63. The normalized spacial score (nSPS) is 11.4. The molecule has 0 atom stereocenters. The van der Waals surface area contributed by atoms with Gasteiger partial charge < -0.3 is 4.42 Å². The molecule has 0 saturated carbocycles. The summed E-state index contributed by atoms with van der Waals surface area (Å²) in [6.45, 7) is 0. The lowest BCUT2D eigenvalue weighted by Gasteiger charge is -2.06. The smallest absolute Gasteiger partial charge is 0.337 e. The van der Waals surface area contributed by atoms with Crippen molar-refractivity contribution in [1.82, 2.24) is 0 Å². The number of halogens is 1. The molecule has 1 heterocycles. The van der Waals surface area contributed by atoms with Gasteiger partial charge in [0.1, 0.15) is 5.58 Å². The molecule has 4 aromatic rings. The van der Waals surface area contributed by atoms with E-state index in [1.807, 2.05) is 24.3 Å². The lowest BCUT2D eigenvalue weighted by atomic mass is 10.0. The topological polar surface area (TPSA) is 30.2 Å². The predicted molar refractivity (Wildman–Crippen MR) is 82.5 cm³/mol. The Morgan fingerprint density at radius 2 is 1.60 bits per heavy atom. The van der Waals surface area contributed by atoms with E-state index in [4.69, 9.17) is 16.0 Å². The molecule has 3 heteroatoms. The van der Waals surface area contributed by atoms with Crippen LogP contribution in [0.1, 0.15) is 0 Å². The number of fused-ring (bicyclic) bond motifs is 4. The maximum Gasteiger partial charge on any atom is 0.337 e. The first kappa shape index (κ1) is 11.5. The average molecular weight is 281 g/mol. The van der Waals surface area contributed by atoms with E-state index in [-0.39, 0.29) is 0 Å². The fourth-order valence-corrected chi connectivity index (χ4v) is 2.86. The minimum absolute atomic E-state index is 0.423. The standard InChI is InChI=1S/C17H9ClO2/c18-15-9-17(19)20-16-8-13-11(7-14(15)16)6-5-10-3-1-2-4-12(10)13/h1-9H. The number of rotatable bonds is 0. The summed E-state index contributed by atoms with van der Waals surface area (Å²) in [6, 6.07) is 17.4. The molecule has 0 amide bonds. The van der Waals surface area contributed by atoms with Gasteiger partial charge in [0.2, 0.25) is 0 Å². The highest BCUT2D eigenvalue weighted by Gasteiger charge is 2.07. The fraction of sp³-hybridized carbons (Fsp3) is 0. The van der Waals surface area contributed by atoms with Crippen LogP contribution in [0.5, 0.6) is 0 Å². The summed E-state index contributed by atoms with van der Waals surface area (Å²) < 4.78 is 5.26. The monoisotopic (exact) mass is 280 g/mol. The third-order valence-corrected chi connectivity index (χ3v) is 3.87. The van der Waals surface area contributed by atoms with Crippen LogP contribution in [0.2, 0.25) is 5.02 Å². The summed E-state index contributed by atoms with van der Waals surface area (Å²) in [6.07, 6.45) is 0. The molecule has 0 fully saturated rings. The van der Waals surface area contributed by atoms with Crippen molar-refractivity contribution in [1.29, 1.82) is 0 Å². The first-order valence-corrected chi connectivity index (χ1v) is 6.65. The first-order valence-electron chi connectivity index (χ1n) is 6.27.